The second-order valence-electron chi connectivity index (χ2n) is 7.20. The summed E-state index contributed by atoms with van der Waals surface area (Å²) in [5.41, 5.74) is 4.63. The molecule has 0 spiro atoms. The fourth-order valence-corrected chi connectivity index (χ4v) is 3.22. The molecule has 1 atom stereocenters. The Labute approximate surface area is 228 Å². The molecule has 0 aliphatic heterocycles. The molecule has 9 nitrogen and oxygen atoms in total. The first-order valence-corrected chi connectivity index (χ1v) is 14.3. The van der Waals surface area contributed by atoms with Crippen molar-refractivity contribution < 1.29 is 23.7 Å². The summed E-state index contributed by atoms with van der Waals surface area (Å²) >= 11 is 0.512. The van der Waals surface area contributed by atoms with Crippen molar-refractivity contribution in [3.8, 4) is 11.1 Å². The monoisotopic (exact) mass is 554 g/mol. The van der Waals surface area contributed by atoms with E-state index < -0.39 is 17.1 Å². The largest absolute Gasteiger partial charge is 0.480 e. The van der Waals surface area contributed by atoms with Crippen LogP contribution in [0.25, 0.3) is 11.1 Å². The summed E-state index contributed by atoms with van der Waals surface area (Å²) in [6.45, 7) is 9.49. The molecule has 11 heteroatoms. The Morgan fingerprint density at radius 1 is 1.03 bits per heavy atom. The first kappa shape index (κ1) is 36.6. The zero-order valence-corrected chi connectivity index (χ0v) is 24.1. The van der Waals surface area contributed by atoms with Gasteiger partial charge in [0.25, 0.3) is 0 Å². The summed E-state index contributed by atoms with van der Waals surface area (Å²) in [6.07, 6.45) is 2.55. The minimum atomic E-state index is -1.34. The lowest BCUT2D eigenvalue weighted by molar-refractivity contribution is -0.135. The van der Waals surface area contributed by atoms with Crippen LogP contribution in [0.4, 0.5) is 0 Å². The fourth-order valence-electron chi connectivity index (χ4n) is 2.53. The maximum Gasteiger partial charge on any atom is 0.317 e. The molecule has 0 aliphatic carbocycles. The van der Waals surface area contributed by atoms with E-state index in [1.165, 1.54) is 22.4 Å². The van der Waals surface area contributed by atoms with Gasteiger partial charge in [-0.15, -0.1) is 0 Å². The van der Waals surface area contributed by atoms with Gasteiger partial charge in [0.1, 0.15) is 6.79 Å². The van der Waals surface area contributed by atoms with Crippen LogP contribution >= 0.6 is 11.8 Å². The van der Waals surface area contributed by atoms with E-state index >= 15 is 0 Å². The number of amides is 1. The first-order valence-electron chi connectivity index (χ1n) is 11.7. The number of hydrogen-bond acceptors (Lipinski definition) is 6. The highest BCUT2D eigenvalue weighted by atomic mass is 32.2. The number of carbonyl (C=O) groups is 3. The van der Waals surface area contributed by atoms with E-state index in [1.54, 1.807) is 14.0 Å². The summed E-state index contributed by atoms with van der Waals surface area (Å²) in [6, 6.07) is 16.5. The highest BCUT2D eigenvalue weighted by molar-refractivity contribution is 7.98. The number of carboxylic acid groups (broad SMARTS) is 1. The number of thioether (sulfide) groups is 1. The molecule has 208 valence electrons. The van der Waals surface area contributed by atoms with Crippen molar-refractivity contribution in [1.82, 2.24) is 20.1 Å². The van der Waals surface area contributed by atoms with E-state index in [1.807, 2.05) is 42.8 Å². The van der Waals surface area contributed by atoms with Crippen LogP contribution in [0.5, 0.6) is 0 Å². The van der Waals surface area contributed by atoms with E-state index in [0.717, 1.165) is 5.56 Å². The summed E-state index contributed by atoms with van der Waals surface area (Å²) in [4.78, 5) is 28.6. The highest BCUT2D eigenvalue weighted by Gasteiger charge is 2.05. The summed E-state index contributed by atoms with van der Waals surface area (Å²) in [7, 11) is 1.59. The van der Waals surface area contributed by atoms with Gasteiger partial charge in [-0.1, -0.05) is 56.3 Å². The molecule has 0 saturated heterocycles. The zero-order valence-electron chi connectivity index (χ0n) is 22.5. The van der Waals surface area contributed by atoms with Crippen molar-refractivity contribution in [1.29, 1.82) is 0 Å². The van der Waals surface area contributed by atoms with Crippen molar-refractivity contribution in [2.45, 2.75) is 33.7 Å². The molecule has 0 aromatic heterocycles. The Hall–Kier alpha value is -2.57. The molecule has 2 aromatic carbocycles. The van der Waals surface area contributed by atoms with Crippen LogP contribution < -0.4 is 20.1 Å². The van der Waals surface area contributed by atoms with Gasteiger partial charge in [-0.2, -0.15) is 11.8 Å². The van der Waals surface area contributed by atoms with Gasteiger partial charge in [0.15, 0.2) is 11.2 Å². The summed E-state index contributed by atoms with van der Waals surface area (Å²) in [5.74, 6) is 0.408. The molecule has 0 bridgehead atoms. The fraction of sp³-hybridized carbons (Fsp3) is 0.423. The van der Waals surface area contributed by atoms with Crippen LogP contribution in [-0.2, 0) is 32.1 Å². The number of aliphatic carboxylic acids is 1. The Morgan fingerprint density at radius 2 is 1.65 bits per heavy atom. The van der Waals surface area contributed by atoms with Crippen LogP contribution in [0.15, 0.2) is 48.5 Å². The Balaban J connectivity index is 0. The summed E-state index contributed by atoms with van der Waals surface area (Å²) in [5, 5.41) is 13.0. The van der Waals surface area contributed by atoms with Crippen molar-refractivity contribution >= 4 is 41.6 Å². The van der Waals surface area contributed by atoms with Gasteiger partial charge in [0.05, 0.1) is 6.54 Å². The number of carboxylic acids is 1. The van der Waals surface area contributed by atoms with Gasteiger partial charge in [-0.25, -0.2) is 13.7 Å². The van der Waals surface area contributed by atoms with Crippen molar-refractivity contribution in [3.05, 3.63) is 59.7 Å². The van der Waals surface area contributed by atoms with E-state index in [0.29, 0.717) is 26.1 Å². The number of likely N-dealkylation sites (N-methyl/N-ethyl adjacent to an activating group) is 1. The van der Waals surface area contributed by atoms with E-state index in [-0.39, 0.29) is 12.5 Å². The highest BCUT2D eigenvalue weighted by Crippen LogP contribution is 2.24. The average Bonchev–Trinajstić information content (AvgIpc) is 2.92. The lowest BCUT2D eigenvalue weighted by Crippen LogP contribution is -2.36. The Bertz CT molecular complexity index is 900. The predicted octanol–water partition coefficient (Wildman–Crippen LogP) is 2.92. The van der Waals surface area contributed by atoms with Gasteiger partial charge in [-0.3, -0.25) is 9.59 Å². The van der Waals surface area contributed by atoms with Crippen LogP contribution in [0.3, 0.4) is 0 Å². The molecule has 0 radical (unpaired) electrons. The number of benzene rings is 2. The molecule has 0 fully saturated rings. The van der Waals surface area contributed by atoms with Gasteiger partial charge in [-0.05, 0) is 54.3 Å². The van der Waals surface area contributed by atoms with Crippen molar-refractivity contribution in [2.75, 3.05) is 38.7 Å². The van der Waals surface area contributed by atoms with Crippen molar-refractivity contribution in [3.63, 3.8) is 0 Å². The minimum absolute atomic E-state index is 0.00589. The number of carbonyl (C=O) groups excluding carboxylic acids is 2. The van der Waals surface area contributed by atoms with Gasteiger partial charge < -0.3 is 20.5 Å². The van der Waals surface area contributed by atoms with Crippen molar-refractivity contribution in [2.24, 2.45) is 0 Å². The molecule has 0 heterocycles. The molecule has 0 aliphatic rings. The summed E-state index contributed by atoms with van der Waals surface area (Å²) < 4.78 is 17.7. The maximum absolute atomic E-state index is 11.9. The third kappa shape index (κ3) is 20.2. The molecule has 1 amide bonds. The SMILES string of the molecule is C=O.CCC(=O)NCCNS(=O)NCc1ccc(C)c(-c2ccccc2)c1.CCSC.CNCC(=O)O. The molecule has 2 aromatic rings. The van der Waals surface area contributed by atoms with Crippen LogP contribution in [0, 0.1) is 6.92 Å². The standard InChI is InChI=1S/C19H25N3O2S.C3H7NO2.C3H8S.CH2O/c1-3-19(23)20-11-12-21-25(24)22-14-16-10-9-15(2)18(13-16)17-7-5-4-6-8-17;1-4-2-3(5)6;1-3-4-2;1-2/h4-10,13,21-22H,3,11-12,14H2,1-2H3,(H,20,23);4H,2H2,1H3,(H,5,6);3H2,1-2H3;1H2. The van der Waals surface area contributed by atoms with E-state index in [9.17, 15) is 13.8 Å². The van der Waals surface area contributed by atoms with Gasteiger partial charge >= 0.3 is 5.97 Å². The third-order valence-electron chi connectivity index (χ3n) is 4.41. The maximum atomic E-state index is 11.9. The average molecular weight is 555 g/mol. The minimum Gasteiger partial charge on any atom is -0.480 e. The molecule has 5 N–H and O–H groups in total. The number of rotatable bonds is 12. The Kier molecular flexibility index (Phi) is 24.8. The van der Waals surface area contributed by atoms with Crippen LogP contribution in [-0.4, -0.2) is 66.7 Å². The quantitative estimate of drug-likeness (QED) is 0.255. The second-order valence-corrected chi connectivity index (χ2v) is 9.47. The normalized spacial score (nSPS) is 10.3. The predicted molar refractivity (Wildman–Crippen MR) is 156 cm³/mol. The lowest BCUT2D eigenvalue weighted by atomic mass is 9.98. The number of nitrogens with one attached hydrogen (secondary N) is 4. The molecule has 37 heavy (non-hydrogen) atoms. The molecule has 1 unspecified atom stereocenters. The van der Waals surface area contributed by atoms with E-state index in [4.69, 9.17) is 9.90 Å². The third-order valence-corrected chi connectivity index (χ3v) is 5.86. The number of aryl methyl sites for hydroxylation is 1. The topological polar surface area (TPSA) is 137 Å². The number of hydrogen-bond donors (Lipinski definition) is 5. The van der Waals surface area contributed by atoms with Crippen LogP contribution in [0.1, 0.15) is 31.4 Å². The molecule has 2 rings (SSSR count). The molecular formula is C26H42N4O5S2. The van der Waals surface area contributed by atoms with Crippen LogP contribution in [0.2, 0.25) is 0 Å². The Morgan fingerprint density at radius 3 is 2.14 bits per heavy atom. The van der Waals surface area contributed by atoms with Gasteiger partial charge in [0.2, 0.25) is 5.91 Å². The van der Waals surface area contributed by atoms with E-state index in [2.05, 4.69) is 64.4 Å². The lowest BCUT2D eigenvalue weighted by Gasteiger charge is -2.11. The smallest absolute Gasteiger partial charge is 0.317 e. The molecule has 0 saturated carbocycles. The molecular weight excluding hydrogens is 512 g/mol. The first-order chi connectivity index (χ1) is 17.8. The zero-order chi connectivity index (χ0) is 28.5. The second kappa shape index (κ2) is 25.1. The van der Waals surface area contributed by atoms with Gasteiger partial charge in [0, 0.05) is 26.1 Å².